The smallest absolute Gasteiger partial charge is 0.319 e. The Morgan fingerprint density at radius 1 is 1.42 bits per heavy atom. The second-order valence-corrected chi connectivity index (χ2v) is 2.68. The normalized spacial score (nSPS) is 19.8. The molecule has 0 aromatic rings. The molecule has 0 aliphatic carbocycles. The zero-order chi connectivity index (χ0) is 9.19. The number of ether oxygens (including phenoxy) is 1. The summed E-state index contributed by atoms with van der Waals surface area (Å²) in [5.74, 6) is -3.93. The van der Waals surface area contributed by atoms with Gasteiger partial charge in [-0.05, 0) is 0 Å². The third-order valence-electron chi connectivity index (χ3n) is 1.58. The minimum absolute atomic E-state index is 0.199. The molecule has 0 unspecified atom stereocenters. The third-order valence-corrected chi connectivity index (χ3v) is 1.58. The molecule has 1 aliphatic heterocycles. The second kappa shape index (κ2) is 3.57. The lowest BCUT2D eigenvalue weighted by molar-refractivity contribution is -0.131. The van der Waals surface area contributed by atoms with Gasteiger partial charge in [-0.2, -0.15) is 8.78 Å². The minimum atomic E-state index is -3.93. The molecule has 0 saturated carbocycles. The molecule has 0 spiro atoms. The first-order valence-corrected chi connectivity index (χ1v) is 3.49. The van der Waals surface area contributed by atoms with E-state index in [1.807, 2.05) is 0 Å². The Hall–Kier alpha value is -0.360. The van der Waals surface area contributed by atoms with Gasteiger partial charge >= 0.3 is 12.3 Å². The van der Waals surface area contributed by atoms with Crippen LogP contribution in [0.5, 0.6) is 0 Å². The lowest BCUT2D eigenvalue weighted by Crippen LogP contribution is -2.51. The highest BCUT2D eigenvalue weighted by Crippen LogP contribution is 2.21. The van der Waals surface area contributed by atoms with Gasteiger partial charge in [0.25, 0.3) is 0 Å². The van der Waals surface area contributed by atoms with Crippen molar-refractivity contribution in [2.75, 3.05) is 19.8 Å². The van der Waals surface area contributed by atoms with Gasteiger partial charge in [0, 0.05) is 0 Å². The number of hydrogen-bond acceptors (Lipinski definition) is 2. The predicted octanol–water partition coefficient (Wildman–Crippen LogP) is 0.875. The van der Waals surface area contributed by atoms with Gasteiger partial charge in [0.15, 0.2) is 0 Å². The van der Waals surface area contributed by atoms with Gasteiger partial charge in [-0.1, -0.05) is 0 Å². The fourth-order valence-corrected chi connectivity index (χ4v) is 0.711. The van der Waals surface area contributed by atoms with Gasteiger partial charge in [0.1, 0.15) is 0 Å². The van der Waals surface area contributed by atoms with E-state index in [0.29, 0.717) is 13.2 Å². The largest absolute Gasteiger partial charge is 0.378 e. The summed E-state index contributed by atoms with van der Waals surface area (Å²) in [4.78, 5) is 0. The molecule has 1 aliphatic rings. The van der Waals surface area contributed by atoms with E-state index in [1.165, 1.54) is 0 Å². The summed E-state index contributed by atoms with van der Waals surface area (Å²) in [5.41, 5.74) is 0. The maximum atomic E-state index is 12.2. The monoisotopic (exact) mass is 187 g/mol. The summed E-state index contributed by atoms with van der Waals surface area (Å²) in [5, 5.41) is 2.29. The van der Waals surface area contributed by atoms with Crippen molar-refractivity contribution in [2.45, 2.75) is 18.4 Å². The molecule has 0 atom stereocenters. The molecule has 1 heterocycles. The summed E-state index contributed by atoms with van der Waals surface area (Å²) >= 11 is 0. The average Bonchev–Trinajstić information content (AvgIpc) is 1.83. The standard InChI is InChI=1S/C6H9F4NO/c7-5(8)6(9,10)3-11-4-1-12-2-4/h4-5,11H,1-3H2. The van der Waals surface area contributed by atoms with Gasteiger partial charge in [-0.15, -0.1) is 0 Å². The molecule has 2 nitrogen and oxygen atoms in total. The van der Waals surface area contributed by atoms with Crippen LogP contribution in [0.4, 0.5) is 17.6 Å². The van der Waals surface area contributed by atoms with Crippen LogP contribution in [0.15, 0.2) is 0 Å². The highest BCUT2D eigenvalue weighted by atomic mass is 19.3. The summed E-state index contributed by atoms with van der Waals surface area (Å²) in [6, 6.07) is -0.199. The van der Waals surface area contributed by atoms with E-state index in [2.05, 4.69) is 10.1 Å². The molecule has 1 N–H and O–H groups in total. The van der Waals surface area contributed by atoms with Gasteiger partial charge in [0.05, 0.1) is 25.8 Å². The Balaban J connectivity index is 2.19. The van der Waals surface area contributed by atoms with Crippen molar-refractivity contribution < 1.29 is 22.3 Å². The predicted molar refractivity (Wildman–Crippen MR) is 33.6 cm³/mol. The molecule has 0 radical (unpaired) electrons. The zero-order valence-corrected chi connectivity index (χ0v) is 6.20. The molecule has 0 amide bonds. The number of nitrogens with one attached hydrogen (secondary N) is 1. The summed E-state index contributed by atoms with van der Waals surface area (Å²) < 4.78 is 52.2. The first-order valence-electron chi connectivity index (χ1n) is 3.49. The van der Waals surface area contributed by atoms with Crippen LogP contribution in [0.1, 0.15) is 0 Å². The lowest BCUT2D eigenvalue weighted by Gasteiger charge is -2.28. The molecule has 1 fully saturated rings. The maximum absolute atomic E-state index is 12.2. The molecule has 12 heavy (non-hydrogen) atoms. The van der Waals surface area contributed by atoms with Gasteiger partial charge in [0.2, 0.25) is 0 Å². The molecule has 1 rings (SSSR count). The first kappa shape index (κ1) is 9.73. The van der Waals surface area contributed by atoms with Crippen molar-refractivity contribution in [3.05, 3.63) is 0 Å². The van der Waals surface area contributed by atoms with E-state index in [4.69, 9.17) is 0 Å². The molecular weight excluding hydrogens is 178 g/mol. The Morgan fingerprint density at radius 3 is 2.33 bits per heavy atom. The van der Waals surface area contributed by atoms with Crippen LogP contribution in [0.3, 0.4) is 0 Å². The van der Waals surface area contributed by atoms with Gasteiger partial charge in [-0.3, -0.25) is 0 Å². The zero-order valence-electron chi connectivity index (χ0n) is 6.20. The van der Waals surface area contributed by atoms with Crippen LogP contribution < -0.4 is 5.32 Å². The highest BCUT2D eigenvalue weighted by Gasteiger charge is 2.41. The fourth-order valence-electron chi connectivity index (χ4n) is 0.711. The molecule has 72 valence electrons. The average molecular weight is 187 g/mol. The van der Waals surface area contributed by atoms with E-state index in [1.54, 1.807) is 0 Å². The topological polar surface area (TPSA) is 21.3 Å². The SMILES string of the molecule is FC(F)C(F)(F)CNC1COC1. The quantitative estimate of drug-likeness (QED) is 0.659. The van der Waals surface area contributed by atoms with E-state index < -0.39 is 18.9 Å². The lowest BCUT2D eigenvalue weighted by atomic mass is 10.2. The molecule has 0 bridgehead atoms. The van der Waals surface area contributed by atoms with Crippen molar-refractivity contribution in [3.8, 4) is 0 Å². The highest BCUT2D eigenvalue weighted by molar-refractivity contribution is 4.79. The third kappa shape index (κ3) is 2.31. The van der Waals surface area contributed by atoms with E-state index in [0.717, 1.165) is 0 Å². The Morgan fingerprint density at radius 2 is 2.00 bits per heavy atom. The van der Waals surface area contributed by atoms with Crippen LogP contribution in [-0.4, -0.2) is 38.1 Å². The van der Waals surface area contributed by atoms with E-state index in [9.17, 15) is 17.6 Å². The van der Waals surface area contributed by atoms with Crippen LogP contribution in [0.2, 0.25) is 0 Å². The number of hydrogen-bond donors (Lipinski definition) is 1. The maximum Gasteiger partial charge on any atom is 0.319 e. The fraction of sp³-hybridized carbons (Fsp3) is 1.00. The molecule has 0 aromatic carbocycles. The number of rotatable bonds is 4. The molecule has 1 saturated heterocycles. The van der Waals surface area contributed by atoms with Crippen LogP contribution >= 0.6 is 0 Å². The summed E-state index contributed by atoms with van der Waals surface area (Å²) in [7, 11) is 0. The Kier molecular flexibility index (Phi) is 2.89. The molecule has 0 aromatic heterocycles. The number of halogens is 4. The van der Waals surface area contributed by atoms with Crippen molar-refractivity contribution >= 4 is 0 Å². The van der Waals surface area contributed by atoms with Crippen LogP contribution in [0.25, 0.3) is 0 Å². The van der Waals surface area contributed by atoms with Crippen LogP contribution in [-0.2, 0) is 4.74 Å². The van der Waals surface area contributed by atoms with Crippen molar-refractivity contribution in [3.63, 3.8) is 0 Å². The van der Waals surface area contributed by atoms with Crippen molar-refractivity contribution in [2.24, 2.45) is 0 Å². The van der Waals surface area contributed by atoms with Crippen LogP contribution in [0, 0.1) is 0 Å². The molecular formula is C6H9F4NO. The molecule has 6 heteroatoms. The van der Waals surface area contributed by atoms with Crippen molar-refractivity contribution in [1.82, 2.24) is 5.32 Å². The Labute approximate surface area is 66.9 Å². The minimum Gasteiger partial charge on any atom is -0.378 e. The van der Waals surface area contributed by atoms with E-state index in [-0.39, 0.29) is 6.04 Å². The Bertz CT molecular complexity index is 148. The van der Waals surface area contributed by atoms with E-state index >= 15 is 0 Å². The summed E-state index contributed by atoms with van der Waals surface area (Å²) in [6.07, 6.45) is -3.61. The van der Waals surface area contributed by atoms with Gasteiger partial charge < -0.3 is 10.1 Å². The first-order chi connectivity index (χ1) is 5.52. The second-order valence-electron chi connectivity index (χ2n) is 2.68. The van der Waals surface area contributed by atoms with Gasteiger partial charge in [-0.25, -0.2) is 8.78 Å². The van der Waals surface area contributed by atoms with Crippen molar-refractivity contribution in [1.29, 1.82) is 0 Å². The number of alkyl halides is 4. The summed E-state index contributed by atoms with van der Waals surface area (Å²) in [6.45, 7) is -0.350.